The summed E-state index contributed by atoms with van der Waals surface area (Å²) in [5.74, 6) is -0.559. The Labute approximate surface area is 190 Å². The Morgan fingerprint density at radius 2 is 1.62 bits per heavy atom. The molecule has 0 aliphatic carbocycles. The van der Waals surface area contributed by atoms with Crippen LogP contribution < -0.4 is 5.32 Å². The highest BCUT2D eigenvalue weighted by atomic mass is 32.2. The summed E-state index contributed by atoms with van der Waals surface area (Å²) in [6, 6.07) is 15.0. The smallest absolute Gasteiger partial charge is 0.243 e. The normalized spacial score (nSPS) is 17.9. The second-order valence-corrected chi connectivity index (χ2v) is 12.1. The molecule has 1 aliphatic rings. The van der Waals surface area contributed by atoms with Gasteiger partial charge in [-0.2, -0.15) is 4.31 Å². The molecule has 0 bridgehead atoms. The lowest BCUT2D eigenvalue weighted by Gasteiger charge is -2.31. The Kier molecular flexibility index (Phi) is 7.71. The Morgan fingerprint density at radius 3 is 2.25 bits per heavy atom. The second kappa shape index (κ2) is 10.1. The van der Waals surface area contributed by atoms with Crippen LogP contribution >= 0.6 is 0 Å². The Morgan fingerprint density at radius 1 is 1.00 bits per heavy atom. The topological polar surface area (TPSA) is 104 Å². The highest BCUT2D eigenvalue weighted by Gasteiger charge is 2.33. The highest BCUT2D eigenvalue weighted by Crippen LogP contribution is 2.25. The van der Waals surface area contributed by atoms with Gasteiger partial charge in [0.15, 0.2) is 0 Å². The van der Waals surface area contributed by atoms with Gasteiger partial charge in [-0.15, -0.1) is 0 Å². The molecule has 1 aliphatic heterocycles. The molecule has 1 heterocycles. The Bertz CT molecular complexity index is 1130. The van der Waals surface area contributed by atoms with Crippen LogP contribution in [0.1, 0.15) is 18.4 Å². The summed E-state index contributed by atoms with van der Waals surface area (Å²) in [6.07, 6.45) is 1.93. The van der Waals surface area contributed by atoms with E-state index in [9.17, 15) is 21.6 Å². The van der Waals surface area contributed by atoms with Crippen LogP contribution in [0.4, 0.5) is 0 Å². The van der Waals surface area contributed by atoms with E-state index in [4.69, 9.17) is 0 Å². The van der Waals surface area contributed by atoms with Gasteiger partial charge in [0.25, 0.3) is 0 Å². The van der Waals surface area contributed by atoms with Crippen molar-refractivity contribution in [3.05, 3.63) is 60.2 Å². The third kappa shape index (κ3) is 5.55. The van der Waals surface area contributed by atoms with Gasteiger partial charge in [0.1, 0.15) is 0 Å². The van der Waals surface area contributed by atoms with Gasteiger partial charge in [-0.3, -0.25) is 4.79 Å². The first kappa shape index (κ1) is 24.4. The summed E-state index contributed by atoms with van der Waals surface area (Å²) in [5, 5.41) is 2.92. The molecule has 1 amide bonds. The van der Waals surface area contributed by atoms with E-state index in [1.54, 1.807) is 0 Å². The molecule has 1 atom stereocenters. The largest absolute Gasteiger partial charge is 0.355 e. The third-order valence-electron chi connectivity index (χ3n) is 5.55. The third-order valence-corrected chi connectivity index (χ3v) is 9.26. The fourth-order valence-electron chi connectivity index (χ4n) is 3.64. The molecule has 2 aromatic carbocycles. The number of carbonyl (C=O) groups is 1. The maximum absolute atomic E-state index is 13.1. The summed E-state index contributed by atoms with van der Waals surface area (Å²) in [4.78, 5) is 12.7. The molecule has 0 aromatic heterocycles. The van der Waals surface area contributed by atoms with Gasteiger partial charge in [0, 0.05) is 33.7 Å². The van der Waals surface area contributed by atoms with Crippen LogP contribution in [0.2, 0.25) is 0 Å². The molecule has 1 unspecified atom stereocenters. The van der Waals surface area contributed by atoms with Crippen LogP contribution in [0.15, 0.2) is 64.4 Å². The van der Waals surface area contributed by atoms with Crippen molar-refractivity contribution < 1.29 is 21.6 Å². The van der Waals surface area contributed by atoms with E-state index >= 15 is 0 Å². The number of rotatable bonds is 8. The lowest BCUT2D eigenvalue weighted by atomic mass is 9.99. The van der Waals surface area contributed by atoms with Crippen LogP contribution in [0.25, 0.3) is 0 Å². The van der Waals surface area contributed by atoms with Crippen molar-refractivity contribution in [2.24, 2.45) is 5.92 Å². The lowest BCUT2D eigenvalue weighted by Crippen LogP contribution is -2.45. The number of piperidine rings is 1. The van der Waals surface area contributed by atoms with Gasteiger partial charge in [-0.1, -0.05) is 30.3 Å². The van der Waals surface area contributed by atoms with Crippen LogP contribution in [0.5, 0.6) is 0 Å². The molecule has 1 saturated heterocycles. The standard InChI is InChI=1S/C22H29N3O5S2/c1-24(2)31(27,28)20-10-12-21(13-11-20)32(29,30)25-16-6-9-19(17-25)22(26)23-15-14-18-7-4-3-5-8-18/h3-5,7-8,10-13,19H,6,9,14-17H2,1-2H3,(H,23,26). The maximum atomic E-state index is 13.1. The molecule has 1 N–H and O–H groups in total. The zero-order valence-electron chi connectivity index (χ0n) is 18.3. The molecule has 32 heavy (non-hydrogen) atoms. The summed E-state index contributed by atoms with van der Waals surface area (Å²) >= 11 is 0. The molecule has 0 spiro atoms. The van der Waals surface area contributed by atoms with E-state index in [0.717, 1.165) is 9.87 Å². The average molecular weight is 480 g/mol. The van der Waals surface area contributed by atoms with Crippen LogP contribution in [-0.2, 0) is 31.3 Å². The van der Waals surface area contributed by atoms with Gasteiger partial charge in [-0.25, -0.2) is 21.1 Å². The number of nitrogens with zero attached hydrogens (tertiary/aromatic N) is 2. The first-order chi connectivity index (χ1) is 15.1. The van der Waals surface area contributed by atoms with Crippen LogP contribution in [-0.4, -0.2) is 65.1 Å². The summed E-state index contributed by atoms with van der Waals surface area (Å²) in [5.41, 5.74) is 1.13. The van der Waals surface area contributed by atoms with Crippen LogP contribution in [0, 0.1) is 5.92 Å². The maximum Gasteiger partial charge on any atom is 0.243 e. The van der Waals surface area contributed by atoms with Gasteiger partial charge in [0.2, 0.25) is 26.0 Å². The quantitative estimate of drug-likeness (QED) is 0.621. The van der Waals surface area contributed by atoms with E-state index in [0.29, 0.717) is 32.4 Å². The minimum absolute atomic E-state index is 0.0142. The van der Waals surface area contributed by atoms with Crippen molar-refractivity contribution >= 4 is 26.0 Å². The Hall–Kier alpha value is -2.27. The van der Waals surface area contributed by atoms with Gasteiger partial charge >= 0.3 is 0 Å². The van der Waals surface area contributed by atoms with Crippen molar-refractivity contribution in [1.82, 2.24) is 13.9 Å². The van der Waals surface area contributed by atoms with Crippen molar-refractivity contribution in [2.75, 3.05) is 33.7 Å². The molecule has 174 valence electrons. The second-order valence-electron chi connectivity index (χ2n) is 7.99. The molecule has 2 aromatic rings. The highest BCUT2D eigenvalue weighted by molar-refractivity contribution is 7.89. The average Bonchev–Trinajstić information content (AvgIpc) is 2.79. The molecule has 3 rings (SSSR count). The van der Waals surface area contributed by atoms with Crippen LogP contribution in [0.3, 0.4) is 0 Å². The Balaban J connectivity index is 1.64. The van der Waals surface area contributed by atoms with E-state index in [2.05, 4.69) is 5.32 Å². The van der Waals surface area contributed by atoms with E-state index in [1.165, 1.54) is 42.7 Å². The lowest BCUT2D eigenvalue weighted by molar-refractivity contribution is -0.126. The number of carbonyl (C=O) groups excluding carboxylic acids is 1. The zero-order chi connectivity index (χ0) is 23.4. The SMILES string of the molecule is CN(C)S(=O)(=O)c1ccc(S(=O)(=O)N2CCCC(C(=O)NCCc3ccccc3)C2)cc1. The zero-order valence-corrected chi connectivity index (χ0v) is 19.9. The van der Waals surface area contributed by atoms with Gasteiger partial charge in [0.05, 0.1) is 15.7 Å². The predicted octanol–water partition coefficient (Wildman–Crippen LogP) is 1.70. The summed E-state index contributed by atoms with van der Waals surface area (Å²) in [6.45, 7) is 0.930. The molecular weight excluding hydrogens is 450 g/mol. The van der Waals surface area contributed by atoms with Gasteiger partial charge in [-0.05, 0) is 49.1 Å². The van der Waals surface area contributed by atoms with E-state index < -0.39 is 26.0 Å². The van der Waals surface area contributed by atoms with Gasteiger partial charge < -0.3 is 5.32 Å². The number of sulfonamides is 2. The summed E-state index contributed by atoms with van der Waals surface area (Å²) < 4.78 is 53.0. The van der Waals surface area contributed by atoms with E-state index in [-0.39, 0.29) is 22.2 Å². The minimum atomic E-state index is -3.83. The van der Waals surface area contributed by atoms with Crippen molar-refractivity contribution in [2.45, 2.75) is 29.1 Å². The number of benzene rings is 2. The molecule has 10 heteroatoms. The fourth-order valence-corrected chi connectivity index (χ4v) is 6.06. The number of hydrogen-bond donors (Lipinski definition) is 1. The molecule has 0 radical (unpaired) electrons. The summed E-state index contributed by atoms with van der Waals surface area (Å²) in [7, 11) is -4.64. The van der Waals surface area contributed by atoms with Crippen molar-refractivity contribution in [1.29, 1.82) is 0 Å². The molecule has 0 saturated carbocycles. The first-order valence-electron chi connectivity index (χ1n) is 10.5. The molecule has 8 nitrogen and oxygen atoms in total. The molecule has 1 fully saturated rings. The number of nitrogens with one attached hydrogen (secondary N) is 1. The fraction of sp³-hybridized carbons (Fsp3) is 0.409. The van der Waals surface area contributed by atoms with Crippen molar-refractivity contribution in [3.63, 3.8) is 0 Å². The minimum Gasteiger partial charge on any atom is -0.355 e. The number of amides is 1. The predicted molar refractivity (Wildman–Crippen MR) is 122 cm³/mol. The first-order valence-corrected chi connectivity index (χ1v) is 13.3. The van der Waals surface area contributed by atoms with Crippen molar-refractivity contribution in [3.8, 4) is 0 Å². The molecular formula is C22H29N3O5S2. The van der Waals surface area contributed by atoms with E-state index in [1.807, 2.05) is 30.3 Å². The number of hydrogen-bond acceptors (Lipinski definition) is 5. The monoisotopic (exact) mass is 479 g/mol.